The van der Waals surface area contributed by atoms with E-state index in [0.29, 0.717) is 29.5 Å². The Morgan fingerprint density at radius 1 is 1.24 bits per heavy atom. The van der Waals surface area contributed by atoms with Gasteiger partial charge in [-0.3, -0.25) is 0 Å². The van der Waals surface area contributed by atoms with Crippen molar-refractivity contribution in [2.24, 2.45) is 5.92 Å². The van der Waals surface area contributed by atoms with Gasteiger partial charge in [0.1, 0.15) is 9.84 Å². The van der Waals surface area contributed by atoms with E-state index in [-0.39, 0.29) is 0 Å². The van der Waals surface area contributed by atoms with E-state index in [9.17, 15) is 8.42 Å². The van der Waals surface area contributed by atoms with Gasteiger partial charge in [-0.05, 0) is 32.9 Å². The van der Waals surface area contributed by atoms with Gasteiger partial charge in [0.25, 0.3) is 0 Å². The molecule has 102 valence electrons. The van der Waals surface area contributed by atoms with Gasteiger partial charge in [0.05, 0.1) is 11.5 Å². The third-order valence-electron chi connectivity index (χ3n) is 3.37. The summed E-state index contributed by atoms with van der Waals surface area (Å²) in [6.45, 7) is 5.42. The average molecular weight is 262 g/mol. The Hall–Kier alpha value is -0.130. The van der Waals surface area contributed by atoms with E-state index in [1.54, 1.807) is 0 Å². The highest BCUT2D eigenvalue weighted by Crippen LogP contribution is 2.14. The summed E-state index contributed by atoms with van der Waals surface area (Å²) >= 11 is 0. The van der Waals surface area contributed by atoms with Crippen molar-refractivity contribution in [2.45, 2.75) is 38.8 Å². The van der Waals surface area contributed by atoms with Crippen LogP contribution in [-0.2, 0) is 9.84 Å². The number of sulfone groups is 1. The molecule has 1 N–H and O–H groups in total. The Bertz CT molecular complexity index is 311. The minimum atomic E-state index is -2.75. The number of hydrogen-bond donors (Lipinski definition) is 1. The van der Waals surface area contributed by atoms with Gasteiger partial charge < -0.3 is 10.2 Å². The van der Waals surface area contributed by atoms with E-state index in [1.165, 1.54) is 0 Å². The van der Waals surface area contributed by atoms with Crippen LogP contribution in [0.5, 0.6) is 0 Å². The molecule has 17 heavy (non-hydrogen) atoms. The van der Waals surface area contributed by atoms with Gasteiger partial charge in [-0.25, -0.2) is 8.42 Å². The van der Waals surface area contributed by atoms with E-state index in [2.05, 4.69) is 38.2 Å². The lowest BCUT2D eigenvalue weighted by atomic mass is 10.0. The molecule has 0 spiro atoms. The van der Waals surface area contributed by atoms with Crippen molar-refractivity contribution in [3.63, 3.8) is 0 Å². The van der Waals surface area contributed by atoms with Crippen molar-refractivity contribution in [3.8, 4) is 0 Å². The number of nitrogens with one attached hydrogen (secondary N) is 1. The molecule has 0 aromatic rings. The van der Waals surface area contributed by atoms with Crippen LogP contribution >= 0.6 is 0 Å². The van der Waals surface area contributed by atoms with E-state index in [1.807, 2.05) is 0 Å². The van der Waals surface area contributed by atoms with E-state index in [4.69, 9.17) is 0 Å². The second-order valence-electron chi connectivity index (χ2n) is 5.71. The molecule has 1 rings (SSSR count). The minimum Gasteiger partial charge on any atom is -0.310 e. The molecule has 0 radical (unpaired) electrons. The zero-order chi connectivity index (χ0) is 13.1. The third-order valence-corrected chi connectivity index (χ3v) is 5.09. The number of likely N-dealkylation sites (N-methyl/N-ethyl adjacent to an activating group) is 1. The first kappa shape index (κ1) is 14.9. The average Bonchev–Trinajstić information content (AvgIpc) is 2.19. The number of rotatable bonds is 5. The lowest BCUT2D eigenvalue weighted by Gasteiger charge is -2.32. The SMILES string of the molecule is CC(C)C(CN(C)C)NC1CCS(=O)(=O)CC1. The first-order valence-electron chi connectivity index (χ1n) is 6.41. The van der Waals surface area contributed by atoms with Gasteiger partial charge in [-0.1, -0.05) is 13.8 Å². The summed E-state index contributed by atoms with van der Waals surface area (Å²) in [5.74, 6) is 1.26. The fourth-order valence-corrected chi connectivity index (χ4v) is 3.70. The largest absolute Gasteiger partial charge is 0.310 e. The topological polar surface area (TPSA) is 49.4 Å². The molecular formula is C12H26N2O2S. The molecule has 0 saturated carbocycles. The van der Waals surface area contributed by atoms with Gasteiger partial charge in [0.2, 0.25) is 0 Å². The summed E-state index contributed by atoms with van der Waals surface area (Å²) in [7, 11) is 1.40. The number of nitrogens with zero attached hydrogens (tertiary/aromatic N) is 1. The molecule has 0 aromatic heterocycles. The van der Waals surface area contributed by atoms with Crippen molar-refractivity contribution >= 4 is 9.84 Å². The fraction of sp³-hybridized carbons (Fsp3) is 1.00. The van der Waals surface area contributed by atoms with Crippen LogP contribution in [-0.4, -0.2) is 57.5 Å². The van der Waals surface area contributed by atoms with Crippen LogP contribution in [0, 0.1) is 5.92 Å². The Kier molecular flexibility index (Phi) is 5.41. The molecule has 4 nitrogen and oxygen atoms in total. The van der Waals surface area contributed by atoms with Crippen molar-refractivity contribution in [1.29, 1.82) is 0 Å². The highest BCUT2D eigenvalue weighted by Gasteiger charge is 2.26. The first-order chi connectivity index (χ1) is 7.80. The highest BCUT2D eigenvalue weighted by atomic mass is 32.2. The quantitative estimate of drug-likeness (QED) is 0.794. The van der Waals surface area contributed by atoms with Crippen LogP contribution in [0.15, 0.2) is 0 Å². The summed E-state index contributed by atoms with van der Waals surface area (Å²) in [4.78, 5) is 2.18. The Morgan fingerprint density at radius 3 is 2.18 bits per heavy atom. The van der Waals surface area contributed by atoms with Crippen LogP contribution in [0.25, 0.3) is 0 Å². The lowest BCUT2D eigenvalue weighted by Crippen LogP contribution is -2.49. The van der Waals surface area contributed by atoms with Crippen molar-refractivity contribution in [2.75, 3.05) is 32.1 Å². The van der Waals surface area contributed by atoms with Gasteiger partial charge in [0.15, 0.2) is 0 Å². The maximum atomic E-state index is 11.4. The molecule has 1 aliphatic heterocycles. The van der Waals surface area contributed by atoms with Gasteiger partial charge in [-0.2, -0.15) is 0 Å². The molecule has 1 atom stereocenters. The Morgan fingerprint density at radius 2 is 1.76 bits per heavy atom. The maximum Gasteiger partial charge on any atom is 0.150 e. The third kappa shape index (κ3) is 5.36. The van der Waals surface area contributed by atoms with Crippen LogP contribution in [0.1, 0.15) is 26.7 Å². The van der Waals surface area contributed by atoms with Crippen molar-refractivity contribution < 1.29 is 8.42 Å². The molecule has 0 amide bonds. The highest BCUT2D eigenvalue weighted by molar-refractivity contribution is 7.91. The summed E-state index contributed by atoms with van der Waals surface area (Å²) in [5, 5.41) is 3.62. The zero-order valence-corrected chi connectivity index (χ0v) is 12.3. The molecule has 0 aromatic carbocycles. The summed E-state index contributed by atoms with van der Waals surface area (Å²) in [6, 6.07) is 0.807. The van der Waals surface area contributed by atoms with Crippen molar-refractivity contribution in [3.05, 3.63) is 0 Å². The normalized spacial score (nSPS) is 23.2. The predicted octanol–water partition coefficient (Wildman–Crippen LogP) is 0.739. The van der Waals surface area contributed by atoms with E-state index >= 15 is 0 Å². The van der Waals surface area contributed by atoms with E-state index in [0.717, 1.165) is 19.4 Å². The van der Waals surface area contributed by atoms with E-state index < -0.39 is 9.84 Å². The summed E-state index contributed by atoms with van der Waals surface area (Å²) in [5.41, 5.74) is 0. The molecule has 1 unspecified atom stereocenters. The Balaban J connectivity index is 2.46. The molecule has 1 saturated heterocycles. The summed E-state index contributed by atoms with van der Waals surface area (Å²) < 4.78 is 22.7. The smallest absolute Gasteiger partial charge is 0.150 e. The van der Waals surface area contributed by atoms with Crippen molar-refractivity contribution in [1.82, 2.24) is 10.2 Å². The molecule has 1 fully saturated rings. The standard InChI is InChI=1S/C12H26N2O2S/c1-10(2)12(9-14(3)4)13-11-5-7-17(15,16)8-6-11/h10-13H,5-9H2,1-4H3. The Labute approximate surface area is 106 Å². The second kappa shape index (κ2) is 6.16. The van der Waals surface area contributed by atoms with Crippen LogP contribution in [0.3, 0.4) is 0 Å². The van der Waals surface area contributed by atoms with Crippen LogP contribution in [0.4, 0.5) is 0 Å². The van der Waals surface area contributed by atoms with Crippen LogP contribution < -0.4 is 5.32 Å². The lowest BCUT2D eigenvalue weighted by molar-refractivity contribution is 0.262. The summed E-state index contributed by atoms with van der Waals surface area (Å²) in [6.07, 6.45) is 1.53. The maximum absolute atomic E-state index is 11.4. The molecule has 5 heteroatoms. The van der Waals surface area contributed by atoms with Gasteiger partial charge in [0, 0.05) is 18.6 Å². The second-order valence-corrected chi connectivity index (χ2v) is 8.01. The zero-order valence-electron chi connectivity index (χ0n) is 11.4. The molecule has 0 bridgehead atoms. The number of hydrogen-bond acceptors (Lipinski definition) is 4. The fourth-order valence-electron chi connectivity index (χ4n) is 2.21. The monoisotopic (exact) mass is 262 g/mol. The van der Waals surface area contributed by atoms with Gasteiger partial charge in [-0.15, -0.1) is 0 Å². The predicted molar refractivity (Wildman–Crippen MR) is 72.0 cm³/mol. The molecule has 1 aliphatic rings. The molecular weight excluding hydrogens is 236 g/mol. The molecule has 0 aliphatic carbocycles. The minimum absolute atomic E-state index is 0.345. The van der Waals surface area contributed by atoms with Crippen LogP contribution in [0.2, 0.25) is 0 Å². The first-order valence-corrected chi connectivity index (χ1v) is 8.23. The molecule has 1 heterocycles. The van der Waals surface area contributed by atoms with Gasteiger partial charge >= 0.3 is 0 Å².